The van der Waals surface area contributed by atoms with Crippen LogP contribution in [-0.4, -0.2) is 30.1 Å². The van der Waals surface area contributed by atoms with Crippen molar-refractivity contribution in [3.05, 3.63) is 65.4 Å². The van der Waals surface area contributed by atoms with Crippen LogP contribution in [0.1, 0.15) is 35.0 Å². The molecule has 6 nitrogen and oxygen atoms in total. The third kappa shape index (κ3) is 4.69. The fraction of sp³-hybridized carbons (Fsp3) is 0.292. The Hall–Kier alpha value is -3.55. The van der Waals surface area contributed by atoms with Gasteiger partial charge in [-0.1, -0.05) is 37.3 Å². The van der Waals surface area contributed by atoms with E-state index in [1.54, 1.807) is 6.07 Å². The summed E-state index contributed by atoms with van der Waals surface area (Å²) in [5.74, 6) is -1.04. The van der Waals surface area contributed by atoms with Crippen LogP contribution >= 0.6 is 0 Å². The van der Waals surface area contributed by atoms with Gasteiger partial charge in [0.1, 0.15) is 5.75 Å². The van der Waals surface area contributed by atoms with Crippen molar-refractivity contribution in [1.82, 2.24) is 4.98 Å². The summed E-state index contributed by atoms with van der Waals surface area (Å²) in [5, 5.41) is 3.12. The van der Waals surface area contributed by atoms with E-state index in [2.05, 4.69) is 17.0 Å². The molecule has 1 aliphatic rings. The first-order chi connectivity index (χ1) is 15.4. The van der Waals surface area contributed by atoms with Gasteiger partial charge in [-0.25, -0.2) is 4.79 Å². The summed E-state index contributed by atoms with van der Waals surface area (Å²) in [6.07, 6.45) is 2.49. The normalized spacial score (nSPS) is 15.3. The Bertz CT molecular complexity index is 1170. The summed E-state index contributed by atoms with van der Waals surface area (Å²) in [6, 6.07) is 13.1. The fourth-order valence-electron chi connectivity index (χ4n) is 3.95. The lowest BCUT2D eigenvalue weighted by Crippen LogP contribution is -2.24. The number of fused-ring (bicyclic) bond motifs is 2. The molecule has 0 saturated carbocycles. The number of carbonyl (C=O) groups is 2. The number of carbonyl (C=O) groups excluding carboxylic acids is 2. The zero-order chi connectivity index (χ0) is 22.7. The Balaban J connectivity index is 1.53. The van der Waals surface area contributed by atoms with Gasteiger partial charge in [-0.15, -0.1) is 0 Å². The van der Waals surface area contributed by atoms with Crippen molar-refractivity contribution in [2.24, 2.45) is 5.92 Å². The van der Waals surface area contributed by atoms with Crippen LogP contribution in [0.4, 0.5) is 14.5 Å². The SMILES string of the molecule is CC1CCc2nc3ccccc3c(C(=O)OCC(=O)Nc3ccccc3OC(F)F)c2C1. The third-order valence-corrected chi connectivity index (χ3v) is 5.42. The molecule has 0 aliphatic heterocycles. The first kappa shape index (κ1) is 21.7. The molecular formula is C24H22F2N2O4. The lowest BCUT2D eigenvalue weighted by atomic mass is 9.84. The van der Waals surface area contributed by atoms with E-state index < -0.39 is 25.1 Å². The van der Waals surface area contributed by atoms with Crippen molar-refractivity contribution in [2.45, 2.75) is 32.8 Å². The van der Waals surface area contributed by atoms with Crippen LogP contribution in [0.25, 0.3) is 10.9 Å². The standard InChI is InChI=1S/C24H22F2N2O4/c1-14-10-11-18-16(12-14)22(15-6-2-3-7-17(15)27-18)23(30)31-13-21(29)28-19-8-4-5-9-20(19)32-24(25)26/h2-9,14,24H,10-13H2,1H3,(H,28,29). The Morgan fingerprint density at radius 2 is 1.91 bits per heavy atom. The molecule has 0 bridgehead atoms. The van der Waals surface area contributed by atoms with Gasteiger partial charge >= 0.3 is 12.6 Å². The van der Waals surface area contributed by atoms with Gasteiger partial charge in [0, 0.05) is 11.1 Å². The van der Waals surface area contributed by atoms with Gasteiger partial charge in [0.15, 0.2) is 6.61 Å². The van der Waals surface area contributed by atoms with E-state index in [4.69, 9.17) is 9.72 Å². The molecule has 1 amide bonds. The Labute approximate surface area is 183 Å². The lowest BCUT2D eigenvalue weighted by molar-refractivity contribution is -0.119. The van der Waals surface area contributed by atoms with Gasteiger partial charge in [0.2, 0.25) is 0 Å². The molecule has 2 aromatic carbocycles. The number of aromatic nitrogens is 1. The molecule has 1 aromatic heterocycles. The molecule has 1 aliphatic carbocycles. The van der Waals surface area contributed by atoms with Gasteiger partial charge < -0.3 is 14.8 Å². The second kappa shape index (κ2) is 9.30. The van der Waals surface area contributed by atoms with E-state index in [0.717, 1.165) is 24.1 Å². The van der Waals surface area contributed by atoms with Crippen LogP contribution in [0.5, 0.6) is 5.75 Å². The van der Waals surface area contributed by atoms with Crippen molar-refractivity contribution >= 4 is 28.5 Å². The molecule has 1 unspecified atom stereocenters. The smallest absolute Gasteiger partial charge is 0.387 e. The number of hydrogen-bond acceptors (Lipinski definition) is 5. The number of esters is 1. The summed E-state index contributed by atoms with van der Waals surface area (Å²) in [6.45, 7) is -1.47. The highest BCUT2D eigenvalue weighted by Crippen LogP contribution is 2.32. The van der Waals surface area contributed by atoms with Crippen molar-refractivity contribution < 1.29 is 27.8 Å². The maximum absolute atomic E-state index is 13.1. The molecule has 3 aromatic rings. The molecule has 32 heavy (non-hydrogen) atoms. The molecule has 0 fully saturated rings. The predicted molar refractivity (Wildman–Crippen MR) is 115 cm³/mol. The molecule has 1 atom stereocenters. The van der Waals surface area contributed by atoms with Crippen LogP contribution < -0.4 is 10.1 Å². The molecule has 1 heterocycles. The largest absolute Gasteiger partial charge is 0.452 e. The fourth-order valence-corrected chi connectivity index (χ4v) is 3.95. The number of rotatable bonds is 6. The number of para-hydroxylation sites is 3. The molecule has 0 spiro atoms. The lowest BCUT2D eigenvalue weighted by Gasteiger charge is -2.24. The Kier molecular flexibility index (Phi) is 6.30. The number of amides is 1. The number of benzene rings is 2. The van der Waals surface area contributed by atoms with E-state index in [1.165, 1.54) is 18.2 Å². The van der Waals surface area contributed by atoms with Gasteiger partial charge in [0.05, 0.1) is 16.8 Å². The molecule has 8 heteroatoms. The average molecular weight is 440 g/mol. The highest BCUT2D eigenvalue weighted by molar-refractivity contribution is 6.06. The van der Waals surface area contributed by atoms with E-state index in [0.29, 0.717) is 28.8 Å². The summed E-state index contributed by atoms with van der Waals surface area (Å²) in [5.41, 5.74) is 2.95. The number of pyridine rings is 1. The number of ether oxygens (including phenoxy) is 2. The van der Waals surface area contributed by atoms with Gasteiger partial charge in [-0.2, -0.15) is 8.78 Å². The second-order valence-corrected chi connectivity index (χ2v) is 7.78. The first-order valence-electron chi connectivity index (χ1n) is 10.3. The third-order valence-electron chi connectivity index (χ3n) is 5.42. The van der Waals surface area contributed by atoms with Gasteiger partial charge in [-0.3, -0.25) is 9.78 Å². The monoisotopic (exact) mass is 440 g/mol. The summed E-state index contributed by atoms with van der Waals surface area (Å²) >= 11 is 0. The minimum atomic E-state index is -3.03. The topological polar surface area (TPSA) is 77.5 Å². The zero-order valence-corrected chi connectivity index (χ0v) is 17.4. The van der Waals surface area contributed by atoms with Gasteiger partial charge in [-0.05, 0) is 48.9 Å². The molecule has 4 rings (SSSR count). The summed E-state index contributed by atoms with van der Waals surface area (Å²) in [4.78, 5) is 30.1. The van der Waals surface area contributed by atoms with Crippen molar-refractivity contribution in [1.29, 1.82) is 0 Å². The minimum absolute atomic E-state index is 0.0643. The highest BCUT2D eigenvalue weighted by Gasteiger charge is 2.26. The Morgan fingerprint density at radius 3 is 2.72 bits per heavy atom. The van der Waals surface area contributed by atoms with Crippen LogP contribution in [0.15, 0.2) is 48.5 Å². The van der Waals surface area contributed by atoms with Crippen molar-refractivity contribution in [3.63, 3.8) is 0 Å². The molecule has 0 radical (unpaired) electrons. The molecule has 1 N–H and O–H groups in total. The predicted octanol–water partition coefficient (Wildman–Crippen LogP) is 4.76. The quantitative estimate of drug-likeness (QED) is 0.560. The van der Waals surface area contributed by atoms with Crippen molar-refractivity contribution in [3.8, 4) is 5.75 Å². The number of halogens is 2. The Morgan fingerprint density at radius 1 is 1.16 bits per heavy atom. The summed E-state index contributed by atoms with van der Waals surface area (Å²) < 4.78 is 34.9. The number of aryl methyl sites for hydroxylation is 1. The van der Waals surface area contributed by atoms with E-state index in [-0.39, 0.29) is 11.4 Å². The van der Waals surface area contributed by atoms with Crippen LogP contribution in [0, 0.1) is 5.92 Å². The minimum Gasteiger partial charge on any atom is -0.452 e. The maximum atomic E-state index is 13.1. The van der Waals surface area contributed by atoms with Gasteiger partial charge in [0.25, 0.3) is 5.91 Å². The van der Waals surface area contributed by atoms with E-state index in [1.807, 2.05) is 24.3 Å². The second-order valence-electron chi connectivity index (χ2n) is 7.78. The first-order valence-corrected chi connectivity index (χ1v) is 10.3. The summed E-state index contributed by atoms with van der Waals surface area (Å²) in [7, 11) is 0. The van der Waals surface area contributed by atoms with E-state index in [9.17, 15) is 18.4 Å². The maximum Gasteiger partial charge on any atom is 0.387 e. The molecule has 0 saturated heterocycles. The van der Waals surface area contributed by atoms with E-state index >= 15 is 0 Å². The average Bonchev–Trinajstić information content (AvgIpc) is 2.77. The van der Waals surface area contributed by atoms with Crippen LogP contribution in [0.3, 0.4) is 0 Å². The number of alkyl halides is 2. The number of hydrogen-bond donors (Lipinski definition) is 1. The molecule has 166 valence electrons. The highest BCUT2D eigenvalue weighted by atomic mass is 19.3. The van der Waals surface area contributed by atoms with Crippen LogP contribution in [0.2, 0.25) is 0 Å². The zero-order valence-electron chi connectivity index (χ0n) is 17.4. The number of anilines is 1. The number of nitrogens with zero attached hydrogens (tertiary/aromatic N) is 1. The number of nitrogens with one attached hydrogen (secondary N) is 1. The van der Waals surface area contributed by atoms with Crippen LogP contribution in [-0.2, 0) is 22.4 Å². The van der Waals surface area contributed by atoms with Crippen molar-refractivity contribution in [2.75, 3.05) is 11.9 Å². The molecular weight excluding hydrogens is 418 g/mol.